The molecule has 0 aliphatic rings. The van der Waals surface area contributed by atoms with E-state index in [0.29, 0.717) is 21.4 Å². The molecule has 0 spiro atoms. The molecule has 10 heteroatoms. The van der Waals surface area contributed by atoms with Crippen LogP contribution in [0.4, 0.5) is 5.69 Å². The van der Waals surface area contributed by atoms with Crippen LogP contribution >= 0.6 is 11.8 Å². The molecule has 9 nitrogen and oxygen atoms in total. The fourth-order valence-electron chi connectivity index (χ4n) is 2.39. The minimum atomic E-state index is -0.599. The number of furan rings is 1. The zero-order chi connectivity index (χ0) is 20.8. The Morgan fingerprint density at radius 2 is 2.31 bits per heavy atom. The minimum absolute atomic E-state index is 0.129. The third-order valence-corrected chi connectivity index (χ3v) is 4.98. The Morgan fingerprint density at radius 1 is 1.48 bits per heavy atom. The highest BCUT2D eigenvalue weighted by Crippen LogP contribution is 2.34. The molecule has 0 unspecified atom stereocenters. The monoisotopic (exact) mass is 409 g/mol. The van der Waals surface area contributed by atoms with E-state index in [4.69, 9.17) is 4.42 Å². The second kappa shape index (κ2) is 8.90. The third kappa shape index (κ3) is 4.91. The number of benzene rings is 1. The zero-order valence-electron chi connectivity index (χ0n) is 15.2. The van der Waals surface area contributed by atoms with Crippen molar-refractivity contribution >= 4 is 29.4 Å². The van der Waals surface area contributed by atoms with E-state index in [-0.39, 0.29) is 17.8 Å². The van der Waals surface area contributed by atoms with Gasteiger partial charge >= 0.3 is 0 Å². The van der Waals surface area contributed by atoms with Crippen molar-refractivity contribution in [3.63, 3.8) is 0 Å². The van der Waals surface area contributed by atoms with Crippen LogP contribution in [0.1, 0.15) is 11.3 Å². The van der Waals surface area contributed by atoms with Crippen molar-refractivity contribution in [2.45, 2.75) is 16.6 Å². The minimum Gasteiger partial charge on any atom is -0.467 e. The Morgan fingerprint density at radius 3 is 2.93 bits per heavy atom. The van der Waals surface area contributed by atoms with Crippen LogP contribution in [0, 0.1) is 21.4 Å². The van der Waals surface area contributed by atoms with Gasteiger partial charge in [-0.05, 0) is 41.6 Å². The summed E-state index contributed by atoms with van der Waals surface area (Å²) >= 11 is 1.16. The Balaban J connectivity index is 1.82. The third-order valence-electron chi connectivity index (χ3n) is 3.84. The molecule has 0 bridgehead atoms. The summed E-state index contributed by atoms with van der Waals surface area (Å²) in [6, 6.07) is 9.69. The quantitative estimate of drug-likeness (QED) is 0.274. The smallest absolute Gasteiger partial charge is 0.283 e. The van der Waals surface area contributed by atoms with Crippen molar-refractivity contribution in [2.24, 2.45) is 7.05 Å². The Bertz CT molecular complexity index is 1110. The fraction of sp³-hybridized carbons (Fsp3) is 0.105. The first-order valence-corrected chi connectivity index (χ1v) is 9.15. The number of carbonyl (C=O) groups excluding carboxylic acids is 1. The topological polar surface area (TPSA) is 127 Å². The van der Waals surface area contributed by atoms with Gasteiger partial charge in [0.25, 0.3) is 11.6 Å². The maximum Gasteiger partial charge on any atom is 0.283 e. The number of nitrogens with one attached hydrogen (secondary N) is 1. The maximum absolute atomic E-state index is 12.2. The number of aromatic nitrogens is 2. The number of nitro benzene ring substituents is 1. The summed E-state index contributed by atoms with van der Waals surface area (Å²) in [4.78, 5) is 27.8. The van der Waals surface area contributed by atoms with Crippen molar-refractivity contribution < 1.29 is 14.1 Å². The number of nitriles is 1. The first-order chi connectivity index (χ1) is 14.0. The lowest BCUT2D eigenvalue weighted by Crippen LogP contribution is -2.23. The van der Waals surface area contributed by atoms with Crippen LogP contribution in [0.15, 0.2) is 69.0 Å². The van der Waals surface area contributed by atoms with Crippen molar-refractivity contribution in [3.8, 4) is 6.07 Å². The molecule has 1 amide bonds. The zero-order valence-corrected chi connectivity index (χ0v) is 16.0. The standard InChI is InChI=1S/C19H15N5O4S/c1-23-7-6-21-19(23)29-17-5-4-13(10-16(17)24(26)27)9-14(11-20)18(25)22-12-15-3-2-8-28-15/h2-10H,12H2,1H3,(H,22,25)/b14-9-. The lowest BCUT2D eigenvalue weighted by Gasteiger charge is -2.05. The highest BCUT2D eigenvalue weighted by atomic mass is 32.2. The normalized spacial score (nSPS) is 11.1. The molecule has 146 valence electrons. The summed E-state index contributed by atoms with van der Waals surface area (Å²) in [6.07, 6.45) is 6.13. The van der Waals surface area contributed by atoms with Crippen LogP contribution in [-0.4, -0.2) is 20.4 Å². The van der Waals surface area contributed by atoms with Crippen LogP contribution in [0.25, 0.3) is 6.08 Å². The average molecular weight is 409 g/mol. The van der Waals surface area contributed by atoms with Crippen LogP contribution in [-0.2, 0) is 18.4 Å². The van der Waals surface area contributed by atoms with Crippen molar-refractivity contribution in [1.82, 2.24) is 14.9 Å². The van der Waals surface area contributed by atoms with Gasteiger partial charge in [-0.15, -0.1) is 0 Å². The summed E-state index contributed by atoms with van der Waals surface area (Å²) < 4.78 is 6.87. The van der Waals surface area contributed by atoms with Crippen LogP contribution in [0.5, 0.6) is 0 Å². The molecule has 2 heterocycles. The molecule has 1 N–H and O–H groups in total. The number of carbonyl (C=O) groups is 1. The van der Waals surface area contributed by atoms with Crippen molar-refractivity contribution in [3.05, 3.63) is 76.0 Å². The average Bonchev–Trinajstić information content (AvgIpc) is 3.37. The van der Waals surface area contributed by atoms with Gasteiger partial charge in [-0.3, -0.25) is 14.9 Å². The van der Waals surface area contributed by atoms with E-state index in [1.807, 2.05) is 6.07 Å². The summed E-state index contributed by atoms with van der Waals surface area (Å²) in [5.41, 5.74) is 0.0565. The summed E-state index contributed by atoms with van der Waals surface area (Å²) in [7, 11) is 1.79. The molecule has 0 aliphatic heterocycles. The highest BCUT2D eigenvalue weighted by Gasteiger charge is 2.18. The molecular formula is C19H15N5O4S. The van der Waals surface area contributed by atoms with Gasteiger partial charge in [0, 0.05) is 25.5 Å². The molecule has 0 saturated carbocycles. The van der Waals surface area contributed by atoms with Crippen LogP contribution in [0.2, 0.25) is 0 Å². The van der Waals surface area contributed by atoms with Crippen molar-refractivity contribution in [1.29, 1.82) is 5.26 Å². The summed E-state index contributed by atoms with van der Waals surface area (Å²) in [6.45, 7) is 0.129. The number of hydrogen-bond acceptors (Lipinski definition) is 7. The Kier molecular flexibility index (Phi) is 6.11. The van der Waals surface area contributed by atoms with Gasteiger partial charge < -0.3 is 14.3 Å². The van der Waals surface area contributed by atoms with E-state index in [2.05, 4.69) is 10.3 Å². The number of hydrogen-bond donors (Lipinski definition) is 1. The molecule has 1 aromatic carbocycles. The van der Waals surface area contributed by atoms with E-state index >= 15 is 0 Å². The Hall–Kier alpha value is -3.84. The highest BCUT2D eigenvalue weighted by molar-refractivity contribution is 7.99. The number of rotatable bonds is 7. The lowest BCUT2D eigenvalue weighted by atomic mass is 10.1. The molecule has 2 aromatic heterocycles. The van der Waals surface area contributed by atoms with E-state index in [1.165, 1.54) is 18.4 Å². The molecule has 0 saturated heterocycles. The van der Waals surface area contributed by atoms with E-state index in [0.717, 1.165) is 11.8 Å². The summed E-state index contributed by atoms with van der Waals surface area (Å²) in [5.74, 6) is -0.0556. The maximum atomic E-state index is 12.2. The predicted octanol–water partition coefficient (Wildman–Crippen LogP) is 3.30. The van der Waals surface area contributed by atoms with Crippen molar-refractivity contribution in [2.75, 3.05) is 0 Å². The molecular weight excluding hydrogens is 394 g/mol. The second-order valence-corrected chi connectivity index (χ2v) is 6.85. The van der Waals surface area contributed by atoms with Gasteiger partial charge in [-0.25, -0.2) is 4.98 Å². The van der Waals surface area contributed by atoms with Gasteiger partial charge in [0.1, 0.15) is 17.4 Å². The van der Waals surface area contributed by atoms with Crippen LogP contribution in [0.3, 0.4) is 0 Å². The number of aryl methyl sites for hydroxylation is 1. The number of nitro groups is 1. The lowest BCUT2D eigenvalue weighted by molar-refractivity contribution is -0.387. The molecule has 3 rings (SSSR count). The van der Waals surface area contributed by atoms with E-state index in [1.54, 1.807) is 48.3 Å². The molecule has 0 atom stereocenters. The molecule has 0 aliphatic carbocycles. The number of amides is 1. The van der Waals surface area contributed by atoms with E-state index < -0.39 is 10.8 Å². The molecule has 3 aromatic rings. The number of imidazole rings is 1. The summed E-state index contributed by atoms with van der Waals surface area (Å²) in [5, 5.41) is 24.0. The first kappa shape index (κ1) is 19.9. The molecule has 0 radical (unpaired) electrons. The van der Waals surface area contributed by atoms with Gasteiger partial charge in [-0.2, -0.15) is 5.26 Å². The molecule has 29 heavy (non-hydrogen) atoms. The largest absolute Gasteiger partial charge is 0.467 e. The van der Waals surface area contributed by atoms with Gasteiger partial charge in [0.15, 0.2) is 5.16 Å². The van der Waals surface area contributed by atoms with Crippen LogP contribution < -0.4 is 5.32 Å². The van der Waals surface area contributed by atoms with Gasteiger partial charge in [-0.1, -0.05) is 6.07 Å². The van der Waals surface area contributed by atoms with Gasteiger partial charge in [0.05, 0.1) is 22.6 Å². The predicted molar refractivity (Wildman–Crippen MR) is 105 cm³/mol. The van der Waals surface area contributed by atoms with Gasteiger partial charge in [0.2, 0.25) is 0 Å². The number of nitrogens with zero attached hydrogens (tertiary/aromatic N) is 4. The van der Waals surface area contributed by atoms with E-state index in [9.17, 15) is 20.2 Å². The Labute approximate surface area is 169 Å². The fourth-order valence-corrected chi connectivity index (χ4v) is 3.28. The SMILES string of the molecule is Cn1ccnc1Sc1ccc(/C=C(/C#N)C(=O)NCc2ccco2)cc1[N+](=O)[O-]. The molecule has 0 fully saturated rings. The second-order valence-electron chi connectivity index (χ2n) is 5.84. The first-order valence-electron chi connectivity index (χ1n) is 8.34.